The number of allylic oxidation sites excluding steroid dienone is 1. The van der Waals surface area contributed by atoms with Crippen LogP contribution < -0.4 is 26.0 Å². The summed E-state index contributed by atoms with van der Waals surface area (Å²) in [7, 11) is -2.58. The number of sulfone groups is 2. The molecule has 0 bridgehead atoms. The summed E-state index contributed by atoms with van der Waals surface area (Å²) >= 11 is 0. The number of nitrogens with one attached hydrogen (secondary N) is 4. The van der Waals surface area contributed by atoms with Crippen LogP contribution in [0.15, 0.2) is 137 Å². The Morgan fingerprint density at radius 2 is 1.23 bits per heavy atom. The van der Waals surface area contributed by atoms with Gasteiger partial charge >= 0.3 is 12.1 Å². The van der Waals surface area contributed by atoms with Gasteiger partial charge in [0.15, 0.2) is 19.7 Å². The molecule has 0 aliphatic carbocycles. The van der Waals surface area contributed by atoms with Crippen LogP contribution in [0.1, 0.15) is 86.0 Å². The Hall–Kier alpha value is -6.33. The maximum absolute atomic E-state index is 14.8. The van der Waals surface area contributed by atoms with Gasteiger partial charge in [0.25, 0.3) is 0 Å². The van der Waals surface area contributed by atoms with Gasteiger partial charge in [0, 0.05) is 33.3 Å². The minimum atomic E-state index is -3.76. The first-order valence-electron chi connectivity index (χ1n) is 24.0. The molecule has 5 aromatic rings. The Morgan fingerprint density at radius 3 is 1.73 bits per heavy atom. The van der Waals surface area contributed by atoms with Crippen LogP contribution in [0.2, 0.25) is 0 Å². The molecule has 2 heterocycles. The molecule has 16 heteroatoms. The van der Waals surface area contributed by atoms with E-state index in [-0.39, 0.29) is 50.8 Å². The van der Waals surface area contributed by atoms with Crippen molar-refractivity contribution in [3.05, 3.63) is 172 Å². The number of carbonyl (C=O) groups is 2. The van der Waals surface area contributed by atoms with Gasteiger partial charge in [-0.1, -0.05) is 106 Å². The number of halogens is 1. The van der Waals surface area contributed by atoms with E-state index in [0.29, 0.717) is 11.3 Å². The number of carbonyl (C=O) groups excluding carboxylic acids is 2. The van der Waals surface area contributed by atoms with Crippen molar-refractivity contribution in [1.82, 2.24) is 20.4 Å². The molecule has 0 aromatic heterocycles. The van der Waals surface area contributed by atoms with Gasteiger partial charge in [0.1, 0.15) is 11.6 Å². The van der Waals surface area contributed by atoms with Gasteiger partial charge in [-0.3, -0.25) is 0 Å². The molecule has 5 aromatic carbocycles. The normalized spacial score (nSPS) is 14.1. The monoisotopic (exact) mass is 1010 g/mol. The Labute approximate surface area is 420 Å². The van der Waals surface area contributed by atoms with E-state index in [0.717, 1.165) is 73.8 Å². The predicted octanol–water partition coefficient (Wildman–Crippen LogP) is 10.4. The lowest BCUT2D eigenvalue weighted by atomic mass is 9.99. The highest BCUT2D eigenvalue weighted by Crippen LogP contribution is 2.31. The molecule has 2 aliphatic heterocycles. The number of rotatable bonds is 15. The van der Waals surface area contributed by atoms with E-state index in [1.165, 1.54) is 53.0 Å². The lowest BCUT2D eigenvalue weighted by molar-refractivity contribution is 0.208. The molecule has 0 radical (unpaired) electrons. The highest BCUT2D eigenvalue weighted by molar-refractivity contribution is 7.91. The first kappa shape index (κ1) is 55.6. The van der Waals surface area contributed by atoms with E-state index in [9.17, 15) is 30.8 Å². The first-order chi connectivity index (χ1) is 33.9. The quantitative estimate of drug-likeness (QED) is 0.0747. The van der Waals surface area contributed by atoms with Crippen molar-refractivity contribution >= 4 is 43.1 Å². The van der Waals surface area contributed by atoms with E-state index in [1.54, 1.807) is 37.2 Å². The van der Waals surface area contributed by atoms with Crippen LogP contribution in [-0.2, 0) is 57.1 Å². The maximum Gasteiger partial charge on any atom is 0.322 e. The summed E-state index contributed by atoms with van der Waals surface area (Å²) < 4.78 is 72.4. The summed E-state index contributed by atoms with van der Waals surface area (Å²) in [6.07, 6.45) is 6.21. The highest BCUT2D eigenvalue weighted by atomic mass is 32.2. The largest absolute Gasteiger partial charge is 0.495 e. The molecule has 4 N–H and O–H groups in total. The van der Waals surface area contributed by atoms with Crippen molar-refractivity contribution < 1.29 is 35.6 Å². The number of hydrogen-bond acceptors (Lipinski definition) is 9. The first-order valence-corrected chi connectivity index (χ1v) is 27.3. The zero-order valence-corrected chi connectivity index (χ0v) is 43.8. The number of anilines is 2. The fourth-order valence-electron chi connectivity index (χ4n) is 8.20. The Bertz CT molecular complexity index is 2910. The van der Waals surface area contributed by atoms with Crippen molar-refractivity contribution in [3.63, 3.8) is 0 Å². The zero-order valence-electron chi connectivity index (χ0n) is 42.1. The summed E-state index contributed by atoms with van der Waals surface area (Å²) in [5.74, 6) is -0.829. The smallest absolute Gasteiger partial charge is 0.322 e. The van der Waals surface area contributed by atoms with Crippen molar-refractivity contribution in [1.29, 1.82) is 0 Å². The summed E-state index contributed by atoms with van der Waals surface area (Å²) in [6.45, 7) is 16.9. The Balaban J connectivity index is 0.000000255. The van der Waals surface area contributed by atoms with E-state index >= 15 is 0 Å². The maximum atomic E-state index is 14.8. The third-order valence-electron chi connectivity index (χ3n) is 12.6. The summed E-state index contributed by atoms with van der Waals surface area (Å²) in [5, 5.41) is 12.0. The number of amides is 4. The molecule has 0 saturated carbocycles. The number of nitrogens with zero attached hydrogens (tertiary/aromatic N) is 2. The third-order valence-corrected chi connectivity index (χ3v) is 16.0. The van der Waals surface area contributed by atoms with Crippen molar-refractivity contribution in [3.8, 4) is 5.75 Å². The number of benzene rings is 5. The lowest BCUT2D eigenvalue weighted by Gasteiger charge is -2.26. The fraction of sp³-hybridized carbons (Fsp3) is 0.345. The van der Waals surface area contributed by atoms with Gasteiger partial charge < -0.3 is 35.8 Å². The second kappa shape index (κ2) is 25.7. The van der Waals surface area contributed by atoms with Gasteiger partial charge in [-0.15, -0.1) is 0 Å². The van der Waals surface area contributed by atoms with E-state index in [4.69, 9.17) is 4.74 Å². The van der Waals surface area contributed by atoms with Gasteiger partial charge in [0.2, 0.25) is 0 Å². The average molecular weight is 1010 g/mol. The summed E-state index contributed by atoms with van der Waals surface area (Å²) in [5.41, 5.74) is 8.38. The van der Waals surface area contributed by atoms with Gasteiger partial charge in [-0.25, -0.2) is 30.8 Å². The van der Waals surface area contributed by atoms with Crippen LogP contribution in [0.3, 0.4) is 0 Å². The van der Waals surface area contributed by atoms with Crippen LogP contribution in [0.25, 0.3) is 0 Å². The second-order valence-electron chi connectivity index (χ2n) is 17.2. The SMILES string of the molecule is C=C/C(=C\CC)C(C)N(C)C(=O)Nc1ccc(S(=O)(=O)Cc2ccc3c(c2)CCNC3)cc1F.CC.COc1cc(S(=O)(=O)Cc2ccc3c(c2)CCNC3)ccc1NC(=O)N(C)C(C)c1ccccc1. The van der Waals surface area contributed by atoms with Crippen molar-refractivity contribution in [2.24, 2.45) is 0 Å². The van der Waals surface area contributed by atoms with E-state index < -0.39 is 31.5 Å². The highest BCUT2D eigenvalue weighted by Gasteiger charge is 2.24. The molecule has 0 saturated heterocycles. The topological polar surface area (TPSA) is 166 Å². The minimum Gasteiger partial charge on any atom is -0.495 e. The van der Waals surface area contributed by atoms with Crippen LogP contribution in [-0.4, -0.2) is 79.0 Å². The average Bonchev–Trinajstić information content (AvgIpc) is 3.38. The summed E-state index contributed by atoms with van der Waals surface area (Å²) in [4.78, 5) is 28.6. The number of urea groups is 2. The minimum absolute atomic E-state index is 0.0797. The zero-order chi connectivity index (χ0) is 51.9. The molecule has 2 atom stereocenters. The number of hydrogen-bond donors (Lipinski definition) is 4. The molecule has 2 unspecified atom stereocenters. The number of ether oxygens (including phenoxy) is 1. The number of methoxy groups -OCH3 is 1. The standard InChI is InChI=1S/C27H31N3O4S.C26H32FN3O3S.C2H6/c1-19(21-7-5-4-6-8-21)30(2)27(31)29-25-12-11-24(16-26(25)34-3)35(32,33)18-20-9-10-23-17-28-14-13-22(23)15-20;1-5-7-20(6-2)18(3)30(4)26(31)29-25-11-10-23(15-24(25)27)34(32,33)17-19-8-9-22-16-28-13-12-21(22)14-19;1-2/h4-12,15-16,19,28H,13-14,17-18H2,1-3H3,(H,29,31);6-11,14-15,18,28H,2,5,12-13,16-17H2,1,3-4H3,(H,29,31);1-2H3/b;20-7+;. The Kier molecular flexibility index (Phi) is 20.1. The number of likely N-dealkylation sites (N-methyl/N-ethyl adjacent to an activating group) is 1. The molecule has 380 valence electrons. The van der Waals surface area contributed by atoms with Crippen LogP contribution in [0, 0.1) is 5.82 Å². The molecule has 4 amide bonds. The van der Waals surface area contributed by atoms with E-state index in [1.807, 2.05) is 101 Å². The van der Waals surface area contributed by atoms with E-state index in [2.05, 4.69) is 27.8 Å². The van der Waals surface area contributed by atoms with Gasteiger partial charge in [-0.2, -0.15) is 0 Å². The fourth-order valence-corrected chi connectivity index (χ4v) is 10.9. The molecule has 2 aliphatic rings. The molecule has 0 spiro atoms. The molecule has 13 nitrogen and oxygen atoms in total. The van der Waals surface area contributed by atoms with Crippen molar-refractivity contribution in [2.75, 3.05) is 44.9 Å². The van der Waals surface area contributed by atoms with Crippen LogP contribution in [0.5, 0.6) is 5.75 Å². The van der Waals surface area contributed by atoms with Crippen molar-refractivity contribution in [2.45, 2.75) is 100 Å². The Morgan fingerprint density at radius 1 is 0.718 bits per heavy atom. The van der Waals surface area contributed by atoms with Gasteiger partial charge in [-0.05, 0) is 121 Å². The van der Waals surface area contributed by atoms with Gasteiger partial charge in [0.05, 0.1) is 51.9 Å². The second-order valence-corrected chi connectivity index (χ2v) is 21.2. The third kappa shape index (κ3) is 14.6. The molecular formula is C55H69FN6O7S2. The molecule has 71 heavy (non-hydrogen) atoms. The molecular weight excluding hydrogens is 940 g/mol. The lowest BCUT2D eigenvalue weighted by Crippen LogP contribution is -2.39. The predicted molar refractivity (Wildman–Crippen MR) is 283 cm³/mol. The summed E-state index contributed by atoms with van der Waals surface area (Å²) in [6, 6.07) is 28.1. The molecule has 7 rings (SSSR count). The van der Waals surface area contributed by atoms with Crippen LogP contribution in [0.4, 0.5) is 25.4 Å². The van der Waals surface area contributed by atoms with Crippen LogP contribution >= 0.6 is 0 Å². The molecule has 0 fully saturated rings. The number of fused-ring (bicyclic) bond motifs is 2.